The van der Waals surface area contributed by atoms with Crippen LogP contribution in [0.2, 0.25) is 0 Å². The van der Waals surface area contributed by atoms with Gasteiger partial charge in [-0.05, 0) is 85.9 Å². The smallest absolute Gasteiger partial charge is 0.297 e. The second-order valence-corrected chi connectivity index (χ2v) is 9.75. The molecule has 0 radical (unpaired) electrons. The topological polar surface area (TPSA) is 60.7 Å². The quantitative estimate of drug-likeness (QED) is 0.502. The molecule has 4 aliphatic carbocycles. The van der Waals surface area contributed by atoms with Gasteiger partial charge in [-0.1, -0.05) is 32.3 Å². The van der Waals surface area contributed by atoms with E-state index in [2.05, 4.69) is 13.8 Å². The van der Waals surface area contributed by atoms with Crippen molar-refractivity contribution in [3.05, 3.63) is 11.6 Å². The minimum Gasteiger partial charge on any atom is -0.340 e. The van der Waals surface area contributed by atoms with Gasteiger partial charge in [0.1, 0.15) is 0 Å². The second-order valence-electron chi connectivity index (χ2n) is 9.75. The third-order valence-corrected chi connectivity index (χ3v) is 8.80. The van der Waals surface area contributed by atoms with Gasteiger partial charge in [0.25, 0.3) is 5.97 Å². The molecule has 0 heterocycles. The molecule has 1 unspecified atom stereocenters. The Kier molecular flexibility index (Phi) is 3.95. The normalized spacial score (nSPS) is 50.3. The van der Waals surface area contributed by atoms with Gasteiger partial charge >= 0.3 is 0 Å². The second kappa shape index (κ2) is 5.56. The Balaban J connectivity index is 1.63. The standard InChI is InChI=1S/C21H34O3/c1-19-11-4-3-5-14(19)6-8-16-17-9-7-15(13-21(22,23)24)20(17,2)12-10-18(16)19/h13-14,16-18,22-24H,3-12H2,1-2H3/t14?,16-,17-,18-,19-,20+/m0/s1. The number of aliphatic hydroxyl groups is 3. The maximum absolute atomic E-state index is 9.45. The summed E-state index contributed by atoms with van der Waals surface area (Å²) in [6.07, 6.45) is 14.2. The van der Waals surface area contributed by atoms with Crippen molar-refractivity contribution < 1.29 is 15.3 Å². The monoisotopic (exact) mass is 334 g/mol. The maximum Gasteiger partial charge on any atom is 0.297 e. The lowest BCUT2D eigenvalue weighted by Crippen LogP contribution is -2.52. The number of hydrogen-bond acceptors (Lipinski definition) is 3. The highest BCUT2D eigenvalue weighted by molar-refractivity contribution is 5.25. The van der Waals surface area contributed by atoms with Crippen molar-refractivity contribution in [3.8, 4) is 0 Å². The first-order valence-corrected chi connectivity index (χ1v) is 10.1. The van der Waals surface area contributed by atoms with Gasteiger partial charge < -0.3 is 15.3 Å². The number of fused-ring (bicyclic) bond motifs is 5. The molecule has 3 heteroatoms. The van der Waals surface area contributed by atoms with E-state index < -0.39 is 5.97 Å². The van der Waals surface area contributed by atoms with Crippen LogP contribution in [0.1, 0.15) is 78.1 Å². The van der Waals surface area contributed by atoms with Crippen LogP contribution < -0.4 is 0 Å². The molecular formula is C21H34O3. The third-order valence-electron chi connectivity index (χ3n) is 8.80. The van der Waals surface area contributed by atoms with Gasteiger partial charge in [-0.25, -0.2) is 0 Å². The highest BCUT2D eigenvalue weighted by atomic mass is 16.7. The van der Waals surface area contributed by atoms with E-state index in [1.165, 1.54) is 51.0 Å². The Morgan fingerprint density at radius 2 is 1.71 bits per heavy atom. The molecule has 0 bridgehead atoms. The molecule has 0 amide bonds. The molecule has 4 saturated carbocycles. The summed E-state index contributed by atoms with van der Waals surface area (Å²) in [6.45, 7) is 4.90. The van der Waals surface area contributed by atoms with Crippen LogP contribution in [0.25, 0.3) is 0 Å². The Bertz CT molecular complexity index is 534. The zero-order valence-electron chi connectivity index (χ0n) is 15.3. The van der Waals surface area contributed by atoms with Crippen molar-refractivity contribution in [2.24, 2.45) is 34.5 Å². The molecule has 0 aliphatic heterocycles. The van der Waals surface area contributed by atoms with E-state index in [4.69, 9.17) is 0 Å². The summed E-state index contributed by atoms with van der Waals surface area (Å²) in [5.41, 5.74) is 1.68. The van der Waals surface area contributed by atoms with Gasteiger partial charge in [-0.3, -0.25) is 0 Å². The number of allylic oxidation sites excluding steroid dienone is 1. The lowest BCUT2D eigenvalue weighted by Gasteiger charge is -2.60. The van der Waals surface area contributed by atoms with E-state index in [1.54, 1.807) is 0 Å². The fourth-order valence-electron chi connectivity index (χ4n) is 7.61. The van der Waals surface area contributed by atoms with Gasteiger partial charge in [0.05, 0.1) is 0 Å². The molecule has 3 N–H and O–H groups in total. The van der Waals surface area contributed by atoms with Crippen LogP contribution in [0.3, 0.4) is 0 Å². The van der Waals surface area contributed by atoms with Crippen molar-refractivity contribution in [1.29, 1.82) is 0 Å². The van der Waals surface area contributed by atoms with Crippen LogP contribution >= 0.6 is 0 Å². The fraction of sp³-hybridized carbons (Fsp3) is 0.905. The minimum atomic E-state index is -2.66. The van der Waals surface area contributed by atoms with Crippen molar-refractivity contribution in [1.82, 2.24) is 0 Å². The first-order valence-electron chi connectivity index (χ1n) is 10.1. The van der Waals surface area contributed by atoms with Gasteiger partial charge in [-0.2, -0.15) is 0 Å². The van der Waals surface area contributed by atoms with Crippen molar-refractivity contribution in [2.75, 3.05) is 0 Å². The molecule has 4 aliphatic rings. The molecule has 0 aromatic heterocycles. The fourth-order valence-corrected chi connectivity index (χ4v) is 7.61. The number of hydrogen-bond donors (Lipinski definition) is 3. The van der Waals surface area contributed by atoms with E-state index in [1.807, 2.05) is 0 Å². The summed E-state index contributed by atoms with van der Waals surface area (Å²) in [5.74, 6) is 0.588. The molecule has 136 valence electrons. The Labute approximate surface area is 146 Å². The highest BCUT2D eigenvalue weighted by Gasteiger charge is 2.58. The Hall–Kier alpha value is -0.380. The summed E-state index contributed by atoms with van der Waals surface area (Å²) in [7, 11) is 0. The summed E-state index contributed by atoms with van der Waals surface area (Å²) < 4.78 is 0. The molecular weight excluding hydrogens is 300 g/mol. The zero-order valence-corrected chi connectivity index (χ0v) is 15.3. The molecule has 0 aromatic carbocycles. The summed E-state index contributed by atoms with van der Waals surface area (Å²) in [5, 5.41) is 28.3. The van der Waals surface area contributed by atoms with E-state index >= 15 is 0 Å². The number of rotatable bonds is 1. The molecule has 6 atom stereocenters. The van der Waals surface area contributed by atoms with Crippen molar-refractivity contribution in [3.63, 3.8) is 0 Å². The molecule has 24 heavy (non-hydrogen) atoms. The zero-order chi connectivity index (χ0) is 17.2. The van der Waals surface area contributed by atoms with Crippen LogP contribution in [0.15, 0.2) is 11.6 Å². The summed E-state index contributed by atoms with van der Waals surface area (Å²) in [6, 6.07) is 0. The third kappa shape index (κ3) is 2.50. The molecule has 3 nitrogen and oxygen atoms in total. The largest absolute Gasteiger partial charge is 0.340 e. The minimum absolute atomic E-state index is 0.0540. The van der Waals surface area contributed by atoms with E-state index in [0.717, 1.165) is 42.6 Å². The molecule has 4 rings (SSSR count). The van der Waals surface area contributed by atoms with E-state index in [9.17, 15) is 15.3 Å². The maximum atomic E-state index is 9.45. The summed E-state index contributed by atoms with van der Waals surface area (Å²) >= 11 is 0. The van der Waals surface area contributed by atoms with Crippen molar-refractivity contribution >= 4 is 0 Å². The van der Waals surface area contributed by atoms with Crippen LogP contribution in [0, 0.1) is 34.5 Å². The lowest BCUT2D eigenvalue weighted by molar-refractivity contribution is -0.274. The van der Waals surface area contributed by atoms with E-state index in [0.29, 0.717) is 11.3 Å². The summed E-state index contributed by atoms with van der Waals surface area (Å²) in [4.78, 5) is 0. The SMILES string of the molecule is C[C@]12CCCCC1CC[C@@H]1[C@@H]2CC[C@]2(C)C(=CC(O)(O)O)CC[C@@H]12. The lowest BCUT2D eigenvalue weighted by atomic mass is 9.45. The van der Waals surface area contributed by atoms with Crippen LogP contribution in [-0.2, 0) is 0 Å². The molecule has 0 spiro atoms. The predicted octanol–water partition coefficient (Wildman–Crippen LogP) is 3.98. The van der Waals surface area contributed by atoms with E-state index in [-0.39, 0.29) is 5.41 Å². The average molecular weight is 335 g/mol. The van der Waals surface area contributed by atoms with Crippen LogP contribution in [-0.4, -0.2) is 21.3 Å². The first-order chi connectivity index (χ1) is 11.2. The van der Waals surface area contributed by atoms with Crippen LogP contribution in [0.5, 0.6) is 0 Å². The Morgan fingerprint density at radius 1 is 0.917 bits per heavy atom. The average Bonchev–Trinajstić information content (AvgIpc) is 2.82. The predicted molar refractivity (Wildman–Crippen MR) is 93.8 cm³/mol. The highest BCUT2D eigenvalue weighted by Crippen LogP contribution is 2.67. The van der Waals surface area contributed by atoms with Crippen LogP contribution in [0.4, 0.5) is 0 Å². The molecule has 0 aromatic rings. The van der Waals surface area contributed by atoms with Gasteiger partial charge in [0, 0.05) is 6.08 Å². The molecule has 4 fully saturated rings. The molecule has 0 saturated heterocycles. The van der Waals surface area contributed by atoms with Gasteiger partial charge in [-0.15, -0.1) is 0 Å². The first kappa shape index (κ1) is 17.1. The Morgan fingerprint density at radius 3 is 2.46 bits per heavy atom. The van der Waals surface area contributed by atoms with Gasteiger partial charge in [0.2, 0.25) is 0 Å². The van der Waals surface area contributed by atoms with Crippen molar-refractivity contribution in [2.45, 2.75) is 84.0 Å². The van der Waals surface area contributed by atoms with Gasteiger partial charge in [0.15, 0.2) is 0 Å².